The van der Waals surface area contributed by atoms with Gasteiger partial charge < -0.3 is 5.32 Å². The minimum absolute atomic E-state index is 0.161. The second-order valence-corrected chi connectivity index (χ2v) is 6.10. The van der Waals surface area contributed by atoms with E-state index in [-0.39, 0.29) is 10.6 Å². The predicted molar refractivity (Wildman–Crippen MR) is 82.1 cm³/mol. The van der Waals surface area contributed by atoms with Crippen LogP contribution in [0.3, 0.4) is 0 Å². The van der Waals surface area contributed by atoms with Crippen LogP contribution in [0.2, 0.25) is 0 Å². The summed E-state index contributed by atoms with van der Waals surface area (Å²) in [6.07, 6.45) is 6.62. The van der Waals surface area contributed by atoms with E-state index in [0.29, 0.717) is 0 Å². The molecule has 0 aromatic heterocycles. The largest absolute Gasteiger partial charge is 0.385 e. The summed E-state index contributed by atoms with van der Waals surface area (Å²) in [7, 11) is 0. The molecule has 0 unspecified atom stereocenters. The molecular weight excluding hydrogens is 252 g/mol. The van der Waals surface area contributed by atoms with E-state index in [2.05, 4.69) is 12.2 Å². The van der Waals surface area contributed by atoms with Gasteiger partial charge in [0.2, 0.25) is 0 Å². The normalized spacial score (nSPS) is 22.5. The Kier molecular flexibility index (Phi) is 4.99. The summed E-state index contributed by atoms with van der Waals surface area (Å²) >= 11 is 0. The molecule has 1 saturated carbocycles. The van der Waals surface area contributed by atoms with Crippen molar-refractivity contribution in [2.45, 2.75) is 46.0 Å². The number of nitro groups is 1. The van der Waals surface area contributed by atoms with Crippen molar-refractivity contribution in [1.29, 1.82) is 0 Å². The highest BCUT2D eigenvalue weighted by Crippen LogP contribution is 2.30. The third kappa shape index (κ3) is 3.95. The lowest BCUT2D eigenvalue weighted by Crippen LogP contribution is -2.16. The van der Waals surface area contributed by atoms with E-state index in [1.807, 2.05) is 13.0 Å². The molecule has 20 heavy (non-hydrogen) atoms. The first kappa shape index (κ1) is 14.8. The number of aryl methyl sites for hydroxylation is 1. The summed E-state index contributed by atoms with van der Waals surface area (Å²) in [5.41, 5.74) is 2.12. The summed E-state index contributed by atoms with van der Waals surface area (Å²) in [6.45, 7) is 5.21. The number of non-ortho nitro benzene ring substituents is 1. The van der Waals surface area contributed by atoms with Crippen LogP contribution < -0.4 is 5.32 Å². The quantitative estimate of drug-likeness (QED) is 0.635. The second-order valence-electron chi connectivity index (χ2n) is 6.10. The molecule has 0 radical (unpaired) electrons. The molecule has 4 heteroatoms. The van der Waals surface area contributed by atoms with E-state index in [1.165, 1.54) is 32.1 Å². The first-order valence-corrected chi connectivity index (χ1v) is 7.55. The van der Waals surface area contributed by atoms with Crippen LogP contribution in [-0.2, 0) is 0 Å². The fourth-order valence-corrected chi connectivity index (χ4v) is 2.99. The Labute approximate surface area is 120 Å². The van der Waals surface area contributed by atoms with Gasteiger partial charge in [-0.25, -0.2) is 0 Å². The molecule has 0 bridgehead atoms. The molecule has 1 aromatic rings. The number of nitro benzene ring substituents is 1. The van der Waals surface area contributed by atoms with Crippen molar-refractivity contribution in [1.82, 2.24) is 0 Å². The van der Waals surface area contributed by atoms with E-state index in [4.69, 9.17) is 0 Å². The molecule has 1 aliphatic carbocycles. The van der Waals surface area contributed by atoms with Gasteiger partial charge in [0.05, 0.1) is 4.92 Å². The van der Waals surface area contributed by atoms with Crippen LogP contribution in [0.1, 0.15) is 44.6 Å². The van der Waals surface area contributed by atoms with Gasteiger partial charge in [-0.2, -0.15) is 0 Å². The fourth-order valence-electron chi connectivity index (χ4n) is 2.99. The van der Waals surface area contributed by atoms with E-state index in [0.717, 1.165) is 29.6 Å². The maximum absolute atomic E-state index is 10.7. The summed E-state index contributed by atoms with van der Waals surface area (Å²) in [4.78, 5) is 10.3. The van der Waals surface area contributed by atoms with Crippen molar-refractivity contribution in [2.75, 3.05) is 11.9 Å². The summed E-state index contributed by atoms with van der Waals surface area (Å²) < 4.78 is 0. The first-order chi connectivity index (χ1) is 9.56. The molecule has 110 valence electrons. The zero-order valence-corrected chi connectivity index (χ0v) is 12.4. The Hall–Kier alpha value is -1.58. The van der Waals surface area contributed by atoms with E-state index in [9.17, 15) is 10.1 Å². The van der Waals surface area contributed by atoms with Crippen LogP contribution >= 0.6 is 0 Å². The number of nitrogens with one attached hydrogen (secondary N) is 1. The van der Waals surface area contributed by atoms with Crippen molar-refractivity contribution < 1.29 is 4.92 Å². The molecule has 1 aromatic carbocycles. The molecule has 0 spiro atoms. The molecule has 0 heterocycles. The van der Waals surface area contributed by atoms with E-state index < -0.39 is 0 Å². The average molecular weight is 276 g/mol. The van der Waals surface area contributed by atoms with Crippen molar-refractivity contribution in [3.63, 3.8) is 0 Å². The summed E-state index contributed by atoms with van der Waals surface area (Å²) in [5.74, 6) is 1.74. The topological polar surface area (TPSA) is 55.2 Å². The zero-order valence-electron chi connectivity index (χ0n) is 12.4. The highest BCUT2D eigenvalue weighted by Gasteiger charge is 2.17. The van der Waals surface area contributed by atoms with Gasteiger partial charge in [0.25, 0.3) is 5.69 Å². The Bertz CT molecular complexity index is 466. The van der Waals surface area contributed by atoms with Gasteiger partial charge in [-0.3, -0.25) is 10.1 Å². The predicted octanol–water partition coefficient (Wildman–Crippen LogP) is 4.53. The number of nitrogens with zero attached hydrogens (tertiary/aromatic N) is 1. The van der Waals surface area contributed by atoms with Crippen LogP contribution in [-0.4, -0.2) is 11.5 Å². The number of benzene rings is 1. The van der Waals surface area contributed by atoms with E-state index in [1.54, 1.807) is 12.1 Å². The van der Waals surface area contributed by atoms with Crippen LogP contribution in [0.25, 0.3) is 0 Å². The Morgan fingerprint density at radius 2 is 2.00 bits per heavy atom. The van der Waals surface area contributed by atoms with Gasteiger partial charge in [-0.1, -0.05) is 32.6 Å². The molecule has 1 aliphatic rings. The third-order valence-corrected chi connectivity index (χ3v) is 4.42. The monoisotopic (exact) mass is 276 g/mol. The Balaban J connectivity index is 1.81. The molecule has 0 saturated heterocycles. The lowest BCUT2D eigenvalue weighted by Gasteiger charge is -2.26. The third-order valence-electron chi connectivity index (χ3n) is 4.42. The molecule has 2 rings (SSSR count). The van der Waals surface area contributed by atoms with Crippen LogP contribution in [0.5, 0.6) is 0 Å². The first-order valence-electron chi connectivity index (χ1n) is 7.55. The van der Waals surface area contributed by atoms with Gasteiger partial charge in [-0.15, -0.1) is 0 Å². The summed E-state index contributed by atoms with van der Waals surface area (Å²) in [6, 6.07) is 5.01. The SMILES string of the molecule is Cc1cc([N+](=O)[O-])ccc1NCCC1CCC(C)CC1. The van der Waals surface area contributed by atoms with Crippen LogP contribution in [0.15, 0.2) is 18.2 Å². The number of hydrogen-bond donors (Lipinski definition) is 1. The molecule has 4 nitrogen and oxygen atoms in total. The minimum atomic E-state index is -0.347. The molecule has 0 amide bonds. The second kappa shape index (κ2) is 6.73. The van der Waals surface area contributed by atoms with Gasteiger partial charge in [-0.05, 0) is 36.8 Å². The average Bonchev–Trinajstić information content (AvgIpc) is 2.42. The number of rotatable bonds is 5. The van der Waals surface area contributed by atoms with Crippen molar-refractivity contribution in [3.8, 4) is 0 Å². The lowest BCUT2D eigenvalue weighted by atomic mass is 9.81. The molecular formula is C16H24N2O2. The van der Waals surface area contributed by atoms with Crippen molar-refractivity contribution in [3.05, 3.63) is 33.9 Å². The van der Waals surface area contributed by atoms with Crippen molar-refractivity contribution >= 4 is 11.4 Å². The smallest absolute Gasteiger partial charge is 0.269 e. The number of hydrogen-bond acceptors (Lipinski definition) is 3. The van der Waals surface area contributed by atoms with Gasteiger partial charge >= 0.3 is 0 Å². The highest BCUT2D eigenvalue weighted by atomic mass is 16.6. The van der Waals surface area contributed by atoms with Crippen LogP contribution in [0, 0.1) is 28.9 Å². The maximum Gasteiger partial charge on any atom is 0.269 e. The van der Waals surface area contributed by atoms with Gasteiger partial charge in [0.15, 0.2) is 0 Å². The molecule has 0 atom stereocenters. The zero-order chi connectivity index (χ0) is 14.5. The highest BCUT2D eigenvalue weighted by molar-refractivity contribution is 5.55. The number of anilines is 1. The lowest BCUT2D eigenvalue weighted by molar-refractivity contribution is -0.384. The van der Waals surface area contributed by atoms with Crippen molar-refractivity contribution in [2.24, 2.45) is 11.8 Å². The Morgan fingerprint density at radius 3 is 2.60 bits per heavy atom. The minimum Gasteiger partial charge on any atom is -0.385 e. The van der Waals surface area contributed by atoms with Gasteiger partial charge in [0, 0.05) is 24.4 Å². The van der Waals surface area contributed by atoms with Gasteiger partial charge in [0.1, 0.15) is 0 Å². The molecule has 1 fully saturated rings. The fraction of sp³-hybridized carbons (Fsp3) is 0.625. The molecule has 1 N–H and O–H groups in total. The standard InChI is InChI=1S/C16H24N2O2/c1-12-3-5-14(6-4-12)9-10-17-16-8-7-15(18(19)20)11-13(16)2/h7-8,11-12,14,17H,3-6,9-10H2,1-2H3. The Morgan fingerprint density at radius 1 is 1.30 bits per heavy atom. The molecule has 0 aliphatic heterocycles. The summed E-state index contributed by atoms with van der Waals surface area (Å²) in [5, 5.41) is 14.1. The maximum atomic E-state index is 10.7. The van der Waals surface area contributed by atoms with Crippen LogP contribution in [0.4, 0.5) is 11.4 Å². The van der Waals surface area contributed by atoms with E-state index >= 15 is 0 Å².